The molecule has 0 aliphatic rings. The maximum absolute atomic E-state index is 12.1. The lowest BCUT2D eigenvalue weighted by atomic mass is 10.2. The van der Waals surface area contributed by atoms with Crippen molar-refractivity contribution in [2.75, 3.05) is 14.2 Å². The van der Waals surface area contributed by atoms with Gasteiger partial charge in [-0.25, -0.2) is 9.78 Å². The first-order chi connectivity index (χ1) is 10.6. The molecule has 5 nitrogen and oxygen atoms in total. The second kappa shape index (κ2) is 5.81. The highest BCUT2D eigenvalue weighted by molar-refractivity contribution is 9.10. The third-order valence-electron chi connectivity index (χ3n) is 3.19. The van der Waals surface area contributed by atoms with Crippen LogP contribution < -0.4 is 15.1 Å². The molecule has 0 spiro atoms. The minimum absolute atomic E-state index is 0.219. The molecule has 1 aromatic heterocycles. The molecule has 0 aliphatic heterocycles. The van der Waals surface area contributed by atoms with E-state index in [1.54, 1.807) is 44.6 Å². The van der Waals surface area contributed by atoms with Crippen molar-refractivity contribution in [3.8, 4) is 23.0 Å². The lowest BCUT2D eigenvalue weighted by Gasteiger charge is -2.07. The molecule has 0 saturated carbocycles. The molecule has 0 unspecified atom stereocenters. The number of rotatable bonds is 3. The first kappa shape index (κ1) is 14.6. The molecule has 0 saturated heterocycles. The van der Waals surface area contributed by atoms with E-state index in [0.29, 0.717) is 28.0 Å². The number of benzene rings is 2. The predicted octanol–water partition coefficient (Wildman–Crippen LogP) is 3.63. The molecule has 3 aromatic rings. The van der Waals surface area contributed by atoms with Crippen molar-refractivity contribution in [3.63, 3.8) is 0 Å². The minimum Gasteiger partial charge on any atom is -0.497 e. The molecule has 0 bridgehead atoms. The van der Waals surface area contributed by atoms with Gasteiger partial charge in [-0.3, -0.25) is 0 Å². The number of hydrogen-bond acceptors (Lipinski definition) is 5. The van der Waals surface area contributed by atoms with E-state index in [2.05, 4.69) is 20.9 Å². The average Bonchev–Trinajstić information content (AvgIpc) is 2.54. The highest BCUT2D eigenvalue weighted by Gasteiger charge is 2.11. The Balaban J connectivity index is 2.22. The first-order valence-corrected chi connectivity index (χ1v) is 7.24. The van der Waals surface area contributed by atoms with Crippen molar-refractivity contribution in [3.05, 3.63) is 51.3 Å². The summed E-state index contributed by atoms with van der Waals surface area (Å²) in [6, 6.07) is 10.5. The molecule has 0 radical (unpaired) electrons. The van der Waals surface area contributed by atoms with Gasteiger partial charge in [0.05, 0.1) is 25.1 Å². The number of fused-ring (bicyclic) bond motifs is 1. The zero-order chi connectivity index (χ0) is 15.7. The molecule has 3 rings (SSSR count). The largest absolute Gasteiger partial charge is 0.497 e. The van der Waals surface area contributed by atoms with E-state index in [1.165, 1.54) is 0 Å². The SMILES string of the molecule is COc1cc(OC)cc(-c2nc3ccc(Br)cc3c(=O)o2)c1. The van der Waals surface area contributed by atoms with E-state index in [9.17, 15) is 4.79 Å². The van der Waals surface area contributed by atoms with Crippen LogP contribution in [-0.4, -0.2) is 19.2 Å². The van der Waals surface area contributed by atoms with Crippen LogP contribution in [0.3, 0.4) is 0 Å². The third-order valence-corrected chi connectivity index (χ3v) is 3.68. The van der Waals surface area contributed by atoms with Crippen molar-refractivity contribution in [2.24, 2.45) is 0 Å². The molecule has 0 aliphatic carbocycles. The first-order valence-electron chi connectivity index (χ1n) is 6.44. The number of methoxy groups -OCH3 is 2. The number of aromatic nitrogens is 1. The molecular weight excluding hydrogens is 350 g/mol. The molecule has 22 heavy (non-hydrogen) atoms. The van der Waals surface area contributed by atoms with E-state index in [-0.39, 0.29) is 5.89 Å². The van der Waals surface area contributed by atoms with Gasteiger partial charge in [-0.1, -0.05) is 15.9 Å². The number of hydrogen-bond donors (Lipinski definition) is 0. The summed E-state index contributed by atoms with van der Waals surface area (Å²) >= 11 is 3.33. The molecule has 1 heterocycles. The second-order valence-corrected chi connectivity index (χ2v) is 5.48. The van der Waals surface area contributed by atoms with Gasteiger partial charge in [-0.15, -0.1) is 0 Å². The van der Waals surface area contributed by atoms with E-state index in [0.717, 1.165) is 4.47 Å². The van der Waals surface area contributed by atoms with E-state index < -0.39 is 5.63 Å². The van der Waals surface area contributed by atoms with Gasteiger partial charge in [0.15, 0.2) is 0 Å². The Labute approximate surface area is 134 Å². The van der Waals surface area contributed by atoms with E-state index in [1.807, 2.05) is 6.07 Å². The van der Waals surface area contributed by atoms with Crippen molar-refractivity contribution in [1.82, 2.24) is 4.98 Å². The van der Waals surface area contributed by atoms with Gasteiger partial charge in [-0.05, 0) is 30.3 Å². The van der Waals surface area contributed by atoms with Gasteiger partial charge in [0.1, 0.15) is 11.5 Å². The Morgan fingerprint density at radius 2 is 1.73 bits per heavy atom. The molecule has 112 valence electrons. The fourth-order valence-corrected chi connectivity index (χ4v) is 2.46. The summed E-state index contributed by atoms with van der Waals surface area (Å²) in [6.45, 7) is 0. The Morgan fingerprint density at radius 1 is 1.05 bits per heavy atom. The lowest BCUT2D eigenvalue weighted by Crippen LogP contribution is -2.03. The molecular formula is C16H12BrNO4. The van der Waals surface area contributed by atoms with Crippen LogP contribution in [0, 0.1) is 0 Å². The molecule has 0 atom stereocenters. The standard InChI is InChI=1S/C16H12BrNO4/c1-20-11-5-9(6-12(8-11)21-2)15-18-14-4-3-10(17)7-13(14)16(19)22-15/h3-8H,1-2H3. The monoisotopic (exact) mass is 361 g/mol. The maximum Gasteiger partial charge on any atom is 0.347 e. The predicted molar refractivity (Wildman–Crippen MR) is 86.5 cm³/mol. The summed E-state index contributed by atoms with van der Waals surface area (Å²) in [5.41, 5.74) is 0.734. The van der Waals surface area contributed by atoms with Gasteiger partial charge in [-0.2, -0.15) is 0 Å². The van der Waals surface area contributed by atoms with Crippen LogP contribution in [-0.2, 0) is 0 Å². The molecule has 6 heteroatoms. The molecule has 0 fully saturated rings. The zero-order valence-corrected chi connectivity index (χ0v) is 13.5. The van der Waals surface area contributed by atoms with Crippen molar-refractivity contribution in [2.45, 2.75) is 0 Å². The summed E-state index contributed by atoms with van der Waals surface area (Å²) in [5, 5.41) is 0.424. The summed E-state index contributed by atoms with van der Waals surface area (Å²) in [6.07, 6.45) is 0. The van der Waals surface area contributed by atoms with Crippen LogP contribution in [0.1, 0.15) is 0 Å². The third kappa shape index (κ3) is 2.69. The minimum atomic E-state index is -0.442. The van der Waals surface area contributed by atoms with Gasteiger partial charge < -0.3 is 13.9 Å². The fourth-order valence-electron chi connectivity index (χ4n) is 2.10. The smallest absolute Gasteiger partial charge is 0.347 e. The van der Waals surface area contributed by atoms with Crippen LogP contribution >= 0.6 is 15.9 Å². The highest BCUT2D eigenvalue weighted by atomic mass is 79.9. The normalized spacial score (nSPS) is 10.7. The summed E-state index contributed by atoms with van der Waals surface area (Å²) in [5.74, 6) is 1.40. The Kier molecular flexibility index (Phi) is 3.85. The topological polar surface area (TPSA) is 61.6 Å². The Morgan fingerprint density at radius 3 is 2.36 bits per heavy atom. The van der Waals surface area contributed by atoms with Crippen molar-refractivity contribution >= 4 is 26.8 Å². The van der Waals surface area contributed by atoms with E-state index in [4.69, 9.17) is 13.9 Å². The van der Waals surface area contributed by atoms with Crippen molar-refractivity contribution in [1.29, 1.82) is 0 Å². The molecule has 0 amide bonds. The van der Waals surface area contributed by atoms with Gasteiger partial charge in [0.2, 0.25) is 5.89 Å². The van der Waals surface area contributed by atoms with Crippen LogP contribution in [0.2, 0.25) is 0 Å². The summed E-state index contributed by atoms with van der Waals surface area (Å²) in [7, 11) is 3.11. The van der Waals surface area contributed by atoms with Crippen molar-refractivity contribution < 1.29 is 13.9 Å². The average molecular weight is 362 g/mol. The number of halogens is 1. The Hall–Kier alpha value is -2.34. The Bertz CT molecular complexity index is 882. The molecule has 2 aromatic carbocycles. The van der Waals surface area contributed by atoms with Gasteiger partial charge >= 0.3 is 5.63 Å². The van der Waals surface area contributed by atoms with Crippen LogP contribution in [0.15, 0.2) is 50.1 Å². The zero-order valence-electron chi connectivity index (χ0n) is 11.9. The van der Waals surface area contributed by atoms with Crippen LogP contribution in [0.25, 0.3) is 22.4 Å². The van der Waals surface area contributed by atoms with E-state index >= 15 is 0 Å². The molecule has 0 N–H and O–H groups in total. The lowest BCUT2D eigenvalue weighted by molar-refractivity contribution is 0.394. The van der Waals surface area contributed by atoms with Crippen LogP contribution in [0.5, 0.6) is 11.5 Å². The second-order valence-electron chi connectivity index (χ2n) is 4.57. The quantitative estimate of drug-likeness (QED) is 0.712. The summed E-state index contributed by atoms with van der Waals surface area (Å²) in [4.78, 5) is 16.5. The van der Waals surface area contributed by atoms with Gasteiger partial charge in [0, 0.05) is 16.1 Å². The van der Waals surface area contributed by atoms with Gasteiger partial charge in [0.25, 0.3) is 0 Å². The maximum atomic E-state index is 12.1. The number of nitrogens with zero attached hydrogens (tertiary/aromatic N) is 1. The highest BCUT2D eigenvalue weighted by Crippen LogP contribution is 2.29. The number of ether oxygens (including phenoxy) is 2. The fraction of sp³-hybridized carbons (Fsp3) is 0.125. The van der Waals surface area contributed by atoms with Crippen LogP contribution in [0.4, 0.5) is 0 Å². The summed E-state index contributed by atoms with van der Waals surface area (Å²) < 4.78 is 16.6.